The molecular formula is C7H7Br2NO2. The number of halogens is 2. The Morgan fingerprint density at radius 3 is 2.58 bits per heavy atom. The molecule has 3 atom stereocenters. The summed E-state index contributed by atoms with van der Waals surface area (Å²) in [5.41, 5.74) is 0. The molecule has 1 saturated heterocycles. The molecule has 12 heavy (non-hydrogen) atoms. The lowest BCUT2D eigenvalue weighted by molar-refractivity contribution is -0.124. The highest BCUT2D eigenvalue weighted by molar-refractivity contribution is 9.25. The summed E-state index contributed by atoms with van der Waals surface area (Å²) >= 11 is 6.97. The van der Waals surface area contributed by atoms with E-state index in [-0.39, 0.29) is 15.2 Å². The molecule has 1 amide bonds. The molecule has 0 N–H and O–H groups in total. The van der Waals surface area contributed by atoms with Crippen LogP contribution in [-0.2, 0) is 9.59 Å². The number of hydrogen-bond acceptors (Lipinski definition) is 2. The maximum absolute atomic E-state index is 10.7. The average molecular weight is 297 g/mol. The number of likely N-dealkylation sites (tertiary alicyclic amines) is 1. The van der Waals surface area contributed by atoms with Crippen LogP contribution < -0.4 is 0 Å². The molecule has 0 aromatic carbocycles. The molecule has 2 rings (SSSR count). The quantitative estimate of drug-likeness (QED) is 0.557. The molecule has 3 nitrogen and oxygen atoms in total. The van der Waals surface area contributed by atoms with Crippen molar-refractivity contribution in [2.24, 2.45) is 11.8 Å². The number of aldehydes is 1. The SMILES string of the molecule is O=C[C@@H]1[C@@H]2[C@H](CN1C=O)C2(Br)Br. The van der Waals surface area contributed by atoms with Crippen LogP contribution in [0, 0.1) is 11.8 Å². The highest BCUT2D eigenvalue weighted by Gasteiger charge is 2.70. The zero-order chi connectivity index (χ0) is 8.93. The monoisotopic (exact) mass is 295 g/mol. The number of piperidine rings is 1. The second-order valence-electron chi connectivity index (χ2n) is 3.24. The van der Waals surface area contributed by atoms with Crippen LogP contribution in [0.25, 0.3) is 0 Å². The minimum absolute atomic E-state index is 0.0922. The van der Waals surface area contributed by atoms with Crippen LogP contribution in [0.15, 0.2) is 0 Å². The van der Waals surface area contributed by atoms with E-state index < -0.39 is 0 Å². The normalized spacial score (nSPS) is 42.2. The first-order chi connectivity index (χ1) is 5.62. The van der Waals surface area contributed by atoms with Crippen molar-refractivity contribution in [1.29, 1.82) is 0 Å². The maximum atomic E-state index is 10.7. The third kappa shape index (κ3) is 0.923. The lowest BCUT2D eigenvalue weighted by Crippen LogP contribution is -2.36. The maximum Gasteiger partial charge on any atom is 0.210 e. The molecule has 0 aromatic rings. The summed E-state index contributed by atoms with van der Waals surface area (Å²) in [6.07, 6.45) is 1.60. The molecule has 5 heteroatoms. The fraction of sp³-hybridized carbons (Fsp3) is 0.714. The fourth-order valence-corrected chi connectivity index (χ4v) is 3.72. The zero-order valence-electron chi connectivity index (χ0n) is 6.11. The molecule has 0 bridgehead atoms. The zero-order valence-corrected chi connectivity index (χ0v) is 9.29. The van der Waals surface area contributed by atoms with Gasteiger partial charge in [0.05, 0.1) is 9.28 Å². The van der Waals surface area contributed by atoms with Crippen LogP contribution >= 0.6 is 31.9 Å². The molecule has 1 heterocycles. The highest BCUT2D eigenvalue weighted by Crippen LogP contribution is 2.66. The van der Waals surface area contributed by atoms with Gasteiger partial charge in [-0.05, 0) is 0 Å². The van der Waals surface area contributed by atoms with Crippen molar-refractivity contribution in [3.05, 3.63) is 0 Å². The van der Waals surface area contributed by atoms with Gasteiger partial charge in [-0.25, -0.2) is 0 Å². The summed E-state index contributed by atoms with van der Waals surface area (Å²) in [5.74, 6) is 0.637. The van der Waals surface area contributed by atoms with Gasteiger partial charge in [-0.2, -0.15) is 0 Å². The molecule has 66 valence electrons. The van der Waals surface area contributed by atoms with E-state index in [1.165, 1.54) is 0 Å². The van der Waals surface area contributed by atoms with Crippen LogP contribution in [0.4, 0.5) is 0 Å². The van der Waals surface area contributed by atoms with Gasteiger partial charge < -0.3 is 9.69 Å². The molecule has 1 aliphatic carbocycles. The molecular weight excluding hydrogens is 290 g/mol. The smallest absolute Gasteiger partial charge is 0.210 e. The summed E-state index contributed by atoms with van der Waals surface area (Å²) in [4.78, 5) is 22.7. The van der Waals surface area contributed by atoms with Crippen molar-refractivity contribution in [3.63, 3.8) is 0 Å². The topological polar surface area (TPSA) is 37.4 Å². The summed E-state index contributed by atoms with van der Waals surface area (Å²) < 4.78 is -0.0922. The number of alkyl halides is 2. The van der Waals surface area contributed by atoms with Gasteiger partial charge in [0.15, 0.2) is 0 Å². The van der Waals surface area contributed by atoms with E-state index in [0.29, 0.717) is 12.5 Å². The minimum atomic E-state index is -0.244. The van der Waals surface area contributed by atoms with E-state index in [1.807, 2.05) is 0 Å². The Balaban J connectivity index is 2.17. The van der Waals surface area contributed by atoms with E-state index in [1.54, 1.807) is 4.90 Å². The Kier molecular flexibility index (Phi) is 1.84. The summed E-state index contributed by atoms with van der Waals surface area (Å²) in [6.45, 7) is 0.675. The number of fused-ring (bicyclic) bond motifs is 1. The van der Waals surface area contributed by atoms with E-state index in [0.717, 1.165) is 12.7 Å². The molecule has 0 aromatic heterocycles. The Bertz CT molecular complexity index is 244. The van der Waals surface area contributed by atoms with Gasteiger partial charge in [-0.1, -0.05) is 31.9 Å². The molecule has 2 fully saturated rings. The van der Waals surface area contributed by atoms with E-state index in [4.69, 9.17) is 0 Å². The molecule has 0 radical (unpaired) electrons. The van der Waals surface area contributed by atoms with Crippen LogP contribution in [0.5, 0.6) is 0 Å². The Morgan fingerprint density at radius 2 is 2.08 bits per heavy atom. The van der Waals surface area contributed by atoms with Gasteiger partial charge in [0, 0.05) is 18.4 Å². The number of rotatable bonds is 2. The Morgan fingerprint density at radius 1 is 1.42 bits per heavy atom. The van der Waals surface area contributed by atoms with Crippen LogP contribution in [0.1, 0.15) is 0 Å². The van der Waals surface area contributed by atoms with Crippen molar-refractivity contribution < 1.29 is 9.59 Å². The fourth-order valence-electron chi connectivity index (χ4n) is 1.95. The number of carbonyl (C=O) groups excluding carboxylic acids is 2. The average Bonchev–Trinajstić information content (AvgIpc) is 2.50. The van der Waals surface area contributed by atoms with E-state index >= 15 is 0 Å². The highest BCUT2D eigenvalue weighted by atomic mass is 79.9. The van der Waals surface area contributed by atoms with Crippen molar-refractivity contribution in [2.45, 2.75) is 9.28 Å². The van der Waals surface area contributed by atoms with Gasteiger partial charge in [-0.3, -0.25) is 4.79 Å². The van der Waals surface area contributed by atoms with Crippen molar-refractivity contribution in [2.75, 3.05) is 6.54 Å². The number of amides is 1. The van der Waals surface area contributed by atoms with Crippen molar-refractivity contribution in [1.82, 2.24) is 4.90 Å². The van der Waals surface area contributed by atoms with Crippen LogP contribution in [-0.4, -0.2) is 33.4 Å². The first kappa shape index (κ1) is 8.69. The number of carbonyl (C=O) groups is 2. The van der Waals surface area contributed by atoms with Crippen LogP contribution in [0.2, 0.25) is 0 Å². The molecule has 0 unspecified atom stereocenters. The molecule has 1 saturated carbocycles. The van der Waals surface area contributed by atoms with Crippen LogP contribution in [0.3, 0.4) is 0 Å². The first-order valence-corrected chi connectivity index (χ1v) is 5.25. The summed E-state index contributed by atoms with van der Waals surface area (Å²) in [5, 5.41) is 0. The predicted molar refractivity (Wildman–Crippen MR) is 50.2 cm³/mol. The van der Waals surface area contributed by atoms with Gasteiger partial charge in [0.2, 0.25) is 6.41 Å². The minimum Gasteiger partial charge on any atom is -0.335 e. The lowest BCUT2D eigenvalue weighted by Gasteiger charge is -2.21. The van der Waals surface area contributed by atoms with Gasteiger partial charge in [0.25, 0.3) is 0 Å². The second kappa shape index (κ2) is 2.54. The Hall–Kier alpha value is 0.1000. The van der Waals surface area contributed by atoms with Gasteiger partial charge >= 0.3 is 0 Å². The largest absolute Gasteiger partial charge is 0.335 e. The van der Waals surface area contributed by atoms with Crippen molar-refractivity contribution in [3.8, 4) is 0 Å². The number of nitrogens with zero attached hydrogens (tertiary/aromatic N) is 1. The summed E-state index contributed by atoms with van der Waals surface area (Å²) in [7, 11) is 0. The summed E-state index contributed by atoms with van der Waals surface area (Å²) in [6, 6.07) is -0.244. The third-order valence-electron chi connectivity index (χ3n) is 2.70. The van der Waals surface area contributed by atoms with E-state index in [9.17, 15) is 9.59 Å². The Labute approximate surface area is 86.7 Å². The molecule has 0 spiro atoms. The van der Waals surface area contributed by atoms with Gasteiger partial charge in [-0.15, -0.1) is 0 Å². The van der Waals surface area contributed by atoms with Crippen molar-refractivity contribution >= 4 is 44.6 Å². The second-order valence-corrected chi connectivity index (χ2v) is 6.92. The standard InChI is InChI=1S/C7H7Br2NO2/c8-7(9)4-1-10(3-12)5(2-11)6(4)7/h2-6H,1H2/t4-,5+,6-/m0/s1. The molecule has 2 aliphatic rings. The predicted octanol–water partition coefficient (Wildman–Crippen LogP) is 0.758. The molecule has 1 aliphatic heterocycles. The number of hydrogen-bond donors (Lipinski definition) is 0. The lowest BCUT2D eigenvalue weighted by atomic mass is 10.2. The van der Waals surface area contributed by atoms with E-state index in [2.05, 4.69) is 31.9 Å². The third-order valence-corrected chi connectivity index (χ3v) is 4.93. The van der Waals surface area contributed by atoms with Gasteiger partial charge in [0.1, 0.15) is 6.29 Å². The first-order valence-electron chi connectivity index (χ1n) is 3.67.